The molecule has 2 N–H and O–H groups in total. The molecule has 0 saturated heterocycles. The molecule has 0 spiro atoms. The van der Waals surface area contributed by atoms with E-state index in [9.17, 15) is 9.18 Å². The van der Waals surface area contributed by atoms with E-state index in [-0.39, 0.29) is 24.2 Å². The number of aliphatic imine (C=N–C) groups is 1. The molecule has 0 radical (unpaired) electrons. The van der Waals surface area contributed by atoms with Crippen LogP contribution in [-0.4, -0.2) is 16.9 Å². The summed E-state index contributed by atoms with van der Waals surface area (Å²) in [5.41, 5.74) is 2.91. The van der Waals surface area contributed by atoms with E-state index in [1.807, 2.05) is 30.3 Å². The smallest absolute Gasteiger partial charge is 0.257 e. The van der Waals surface area contributed by atoms with Gasteiger partial charge >= 0.3 is 0 Å². The summed E-state index contributed by atoms with van der Waals surface area (Å²) in [5, 5.41) is 5.72. The van der Waals surface area contributed by atoms with Crippen molar-refractivity contribution in [3.05, 3.63) is 95.6 Å². The minimum atomic E-state index is -0.379. The number of guanidine groups is 1. The van der Waals surface area contributed by atoms with E-state index < -0.39 is 0 Å². The average molecular weight is 376 g/mol. The van der Waals surface area contributed by atoms with Gasteiger partial charge in [-0.2, -0.15) is 0 Å². The molecule has 0 unspecified atom stereocenters. The molecule has 0 saturated carbocycles. The summed E-state index contributed by atoms with van der Waals surface area (Å²) in [7, 11) is 0. The van der Waals surface area contributed by atoms with Crippen LogP contribution in [0.3, 0.4) is 0 Å². The fourth-order valence-electron chi connectivity index (χ4n) is 2.54. The van der Waals surface area contributed by atoms with Crippen LogP contribution in [-0.2, 0) is 13.0 Å². The number of anilines is 1. The van der Waals surface area contributed by atoms with E-state index in [0.717, 1.165) is 17.7 Å². The number of nitrogens with one attached hydrogen (secondary N) is 2. The lowest BCUT2D eigenvalue weighted by atomic mass is 10.1. The number of hydrogen-bond donors (Lipinski definition) is 2. The number of aryl methyl sites for hydroxylation is 1. The monoisotopic (exact) mass is 376 g/mol. The normalized spacial score (nSPS) is 11.1. The molecule has 1 heterocycles. The second-order valence-electron chi connectivity index (χ2n) is 6.13. The molecule has 0 bridgehead atoms. The molecule has 0 aliphatic carbocycles. The Morgan fingerprint density at radius 2 is 1.89 bits per heavy atom. The molecular weight excluding hydrogens is 355 g/mol. The maximum atomic E-state index is 13.5. The Balaban J connectivity index is 1.78. The minimum Gasteiger partial charge on any atom is -0.326 e. The van der Waals surface area contributed by atoms with Crippen LogP contribution in [0.5, 0.6) is 0 Å². The number of aromatic nitrogens is 1. The predicted octanol–water partition coefficient (Wildman–Crippen LogP) is 4.18. The number of halogens is 1. The lowest BCUT2D eigenvalue weighted by molar-refractivity contribution is 0.0977. The Hall–Kier alpha value is -3.54. The van der Waals surface area contributed by atoms with Crippen LogP contribution in [0.1, 0.15) is 28.5 Å². The quantitative estimate of drug-likeness (QED) is 0.519. The van der Waals surface area contributed by atoms with Gasteiger partial charge < -0.3 is 5.32 Å². The largest absolute Gasteiger partial charge is 0.326 e. The third-order valence-electron chi connectivity index (χ3n) is 4.07. The van der Waals surface area contributed by atoms with Crippen LogP contribution in [0.25, 0.3) is 0 Å². The highest BCUT2D eigenvalue weighted by Crippen LogP contribution is 2.10. The zero-order valence-corrected chi connectivity index (χ0v) is 15.5. The topological polar surface area (TPSA) is 66.4 Å². The molecule has 0 fully saturated rings. The fourth-order valence-corrected chi connectivity index (χ4v) is 2.54. The molecule has 3 rings (SSSR count). The molecule has 6 heteroatoms. The van der Waals surface area contributed by atoms with Crippen LogP contribution < -0.4 is 10.6 Å². The summed E-state index contributed by atoms with van der Waals surface area (Å²) >= 11 is 0. The minimum absolute atomic E-state index is 0.223. The van der Waals surface area contributed by atoms with Crippen molar-refractivity contribution in [3.8, 4) is 0 Å². The van der Waals surface area contributed by atoms with Gasteiger partial charge in [0.1, 0.15) is 5.82 Å². The number of rotatable bonds is 5. The highest BCUT2D eigenvalue weighted by Gasteiger charge is 2.10. The highest BCUT2D eigenvalue weighted by atomic mass is 19.1. The number of amides is 1. The van der Waals surface area contributed by atoms with Crippen molar-refractivity contribution in [2.24, 2.45) is 4.99 Å². The van der Waals surface area contributed by atoms with Gasteiger partial charge in [0.25, 0.3) is 5.91 Å². The molecule has 0 aliphatic rings. The first kappa shape index (κ1) is 19.2. The number of benzene rings is 2. The summed E-state index contributed by atoms with van der Waals surface area (Å²) < 4.78 is 13.5. The van der Waals surface area contributed by atoms with E-state index >= 15 is 0 Å². The highest BCUT2D eigenvalue weighted by molar-refractivity contribution is 6.09. The van der Waals surface area contributed by atoms with Crippen LogP contribution in [0.4, 0.5) is 10.1 Å². The SMILES string of the molecule is CCc1ccc(C(=O)NC(=NCc2ccccn2)Nc2cccc(F)c2)cc1. The lowest BCUT2D eigenvalue weighted by Crippen LogP contribution is -2.36. The Kier molecular flexibility index (Phi) is 6.46. The van der Waals surface area contributed by atoms with Gasteiger partial charge in [-0.3, -0.25) is 15.1 Å². The van der Waals surface area contributed by atoms with Crippen molar-refractivity contribution in [2.45, 2.75) is 19.9 Å². The summed E-state index contributed by atoms with van der Waals surface area (Å²) in [4.78, 5) is 21.2. The molecule has 3 aromatic rings. The number of pyridine rings is 1. The molecule has 1 amide bonds. The first-order valence-corrected chi connectivity index (χ1v) is 9.01. The van der Waals surface area contributed by atoms with E-state index in [2.05, 4.69) is 27.5 Å². The van der Waals surface area contributed by atoms with Gasteiger partial charge in [0, 0.05) is 17.4 Å². The number of hydrogen-bond acceptors (Lipinski definition) is 3. The molecule has 5 nitrogen and oxygen atoms in total. The number of carbonyl (C=O) groups is 1. The van der Waals surface area contributed by atoms with E-state index in [1.165, 1.54) is 12.1 Å². The lowest BCUT2D eigenvalue weighted by Gasteiger charge is -2.12. The maximum Gasteiger partial charge on any atom is 0.257 e. The molecule has 0 aliphatic heterocycles. The van der Waals surface area contributed by atoms with Gasteiger partial charge in [0.05, 0.1) is 12.2 Å². The van der Waals surface area contributed by atoms with Crippen molar-refractivity contribution in [2.75, 3.05) is 5.32 Å². The zero-order valence-electron chi connectivity index (χ0n) is 15.5. The zero-order chi connectivity index (χ0) is 19.8. The van der Waals surface area contributed by atoms with Crippen molar-refractivity contribution in [3.63, 3.8) is 0 Å². The number of carbonyl (C=O) groups excluding carboxylic acids is 1. The van der Waals surface area contributed by atoms with Gasteiger partial charge in [-0.25, -0.2) is 9.38 Å². The number of nitrogens with zero attached hydrogens (tertiary/aromatic N) is 2. The Labute approximate surface area is 163 Å². The van der Waals surface area contributed by atoms with Gasteiger partial charge in [-0.05, 0) is 54.4 Å². The van der Waals surface area contributed by atoms with Crippen molar-refractivity contribution >= 4 is 17.6 Å². The van der Waals surface area contributed by atoms with Crippen LogP contribution in [0.15, 0.2) is 77.9 Å². The van der Waals surface area contributed by atoms with Crippen LogP contribution >= 0.6 is 0 Å². The first-order chi connectivity index (χ1) is 13.6. The first-order valence-electron chi connectivity index (χ1n) is 9.01. The third kappa shape index (κ3) is 5.48. The van der Waals surface area contributed by atoms with Crippen molar-refractivity contribution in [1.29, 1.82) is 0 Å². The van der Waals surface area contributed by atoms with Gasteiger partial charge in [0.2, 0.25) is 5.96 Å². The molecular formula is C22H21FN4O. The second kappa shape index (κ2) is 9.41. The molecule has 1 aromatic heterocycles. The fraction of sp³-hybridized carbons (Fsp3) is 0.136. The molecule has 142 valence electrons. The Morgan fingerprint density at radius 3 is 2.57 bits per heavy atom. The molecule has 0 atom stereocenters. The third-order valence-corrected chi connectivity index (χ3v) is 4.07. The van der Waals surface area contributed by atoms with Crippen LogP contribution in [0, 0.1) is 5.82 Å². The van der Waals surface area contributed by atoms with Crippen molar-refractivity contribution in [1.82, 2.24) is 10.3 Å². The summed E-state index contributed by atoms with van der Waals surface area (Å²) in [6.07, 6.45) is 2.58. The van der Waals surface area contributed by atoms with Gasteiger partial charge in [-0.1, -0.05) is 31.2 Å². The Morgan fingerprint density at radius 1 is 1.07 bits per heavy atom. The van der Waals surface area contributed by atoms with Crippen molar-refractivity contribution < 1.29 is 9.18 Å². The Bertz CT molecular complexity index is 956. The average Bonchev–Trinajstić information content (AvgIpc) is 2.73. The summed E-state index contributed by atoms with van der Waals surface area (Å²) in [6.45, 7) is 2.33. The summed E-state index contributed by atoms with van der Waals surface area (Å²) in [6, 6.07) is 18.9. The van der Waals surface area contributed by atoms with Gasteiger partial charge in [-0.15, -0.1) is 0 Å². The van der Waals surface area contributed by atoms with E-state index in [4.69, 9.17) is 0 Å². The van der Waals surface area contributed by atoms with E-state index in [0.29, 0.717) is 11.3 Å². The predicted molar refractivity (Wildman–Crippen MR) is 109 cm³/mol. The van der Waals surface area contributed by atoms with Gasteiger partial charge in [0.15, 0.2) is 0 Å². The second-order valence-corrected chi connectivity index (χ2v) is 6.13. The summed E-state index contributed by atoms with van der Waals surface area (Å²) in [5.74, 6) is -0.456. The maximum absolute atomic E-state index is 13.5. The molecule has 28 heavy (non-hydrogen) atoms. The van der Waals surface area contributed by atoms with Crippen LogP contribution in [0.2, 0.25) is 0 Å². The standard InChI is InChI=1S/C22H21FN4O/c1-2-16-9-11-17(12-10-16)21(28)27-22(25-15-20-7-3-4-13-24-20)26-19-8-5-6-18(23)14-19/h3-14H,2,15H2,1H3,(H2,25,26,27,28). The molecule has 2 aromatic carbocycles. The van der Waals surface area contributed by atoms with E-state index in [1.54, 1.807) is 30.5 Å².